The molecule has 0 aliphatic carbocycles. The van der Waals surface area contributed by atoms with Crippen LogP contribution in [-0.4, -0.2) is 50.7 Å². The third-order valence-corrected chi connectivity index (χ3v) is 4.95. The van der Waals surface area contributed by atoms with E-state index in [0.29, 0.717) is 12.2 Å². The van der Waals surface area contributed by atoms with Gasteiger partial charge in [-0.15, -0.1) is 16.9 Å². The second-order valence-corrected chi connectivity index (χ2v) is 7.00. The Labute approximate surface area is 159 Å². The Morgan fingerprint density at radius 2 is 2.07 bits per heavy atom. The van der Waals surface area contributed by atoms with Crippen molar-refractivity contribution < 1.29 is 19.5 Å². The molecule has 142 valence electrons. The number of aliphatic carboxylic acids is 1. The summed E-state index contributed by atoms with van der Waals surface area (Å²) in [6.07, 6.45) is 3.60. The van der Waals surface area contributed by atoms with Crippen molar-refractivity contribution in [3.05, 3.63) is 36.2 Å². The van der Waals surface area contributed by atoms with Gasteiger partial charge >= 0.3 is 5.97 Å². The van der Waals surface area contributed by atoms with Crippen LogP contribution in [0, 0.1) is 5.92 Å². The van der Waals surface area contributed by atoms with E-state index < -0.39 is 11.9 Å². The van der Waals surface area contributed by atoms with Crippen LogP contribution in [-0.2, 0) is 27.5 Å². The van der Waals surface area contributed by atoms with E-state index in [1.165, 1.54) is 10.9 Å². The van der Waals surface area contributed by atoms with E-state index in [-0.39, 0.29) is 31.3 Å². The molecule has 0 saturated carbocycles. The smallest absolute Gasteiger partial charge is 0.325 e. The largest absolute Gasteiger partial charge is 0.480 e. The Kier molecular flexibility index (Phi) is 5.75. The molecule has 1 aliphatic heterocycles. The first-order chi connectivity index (χ1) is 13.0. The molecule has 9 nitrogen and oxygen atoms in total. The van der Waals surface area contributed by atoms with Gasteiger partial charge in [0.2, 0.25) is 11.8 Å². The van der Waals surface area contributed by atoms with Crippen molar-refractivity contribution in [2.24, 2.45) is 5.92 Å². The summed E-state index contributed by atoms with van der Waals surface area (Å²) < 4.78 is 1.18. The molecular weight excluding hydrogens is 370 g/mol. The number of carbonyl (C=O) groups is 3. The number of carboxylic acids is 1. The quantitative estimate of drug-likeness (QED) is 0.671. The summed E-state index contributed by atoms with van der Waals surface area (Å²) in [5.41, 5.74) is 1.24. The van der Waals surface area contributed by atoms with Crippen molar-refractivity contribution in [2.75, 3.05) is 17.7 Å². The monoisotopic (exact) mass is 389 g/mol. The Balaban J connectivity index is 1.55. The minimum atomic E-state index is -1.02. The van der Waals surface area contributed by atoms with Gasteiger partial charge in [0, 0.05) is 23.5 Å². The van der Waals surface area contributed by atoms with Gasteiger partial charge in [-0.3, -0.25) is 14.4 Å². The number of amides is 2. The van der Waals surface area contributed by atoms with Crippen LogP contribution in [0.1, 0.15) is 12.1 Å². The van der Waals surface area contributed by atoms with Crippen molar-refractivity contribution in [3.63, 3.8) is 0 Å². The fourth-order valence-corrected chi connectivity index (χ4v) is 3.26. The molecule has 2 N–H and O–H groups in total. The Morgan fingerprint density at radius 1 is 1.33 bits per heavy atom. The fourth-order valence-electron chi connectivity index (χ4n) is 2.85. The van der Waals surface area contributed by atoms with Crippen LogP contribution in [0.25, 0.3) is 0 Å². The number of thioether (sulfide) groups is 1. The van der Waals surface area contributed by atoms with Crippen LogP contribution in [0.15, 0.2) is 35.4 Å². The molecule has 0 radical (unpaired) electrons. The number of carboxylic acid groups (broad SMARTS) is 1. The normalized spacial score (nSPS) is 16.6. The molecule has 1 saturated heterocycles. The van der Waals surface area contributed by atoms with Crippen molar-refractivity contribution in [1.82, 2.24) is 20.3 Å². The number of hydrogen-bond acceptors (Lipinski definition) is 6. The van der Waals surface area contributed by atoms with E-state index in [1.54, 1.807) is 16.7 Å². The highest BCUT2D eigenvalue weighted by atomic mass is 32.2. The number of anilines is 1. The molecular formula is C17H19N5O4S. The van der Waals surface area contributed by atoms with Crippen LogP contribution >= 0.6 is 11.8 Å². The molecule has 1 aromatic heterocycles. The van der Waals surface area contributed by atoms with Gasteiger partial charge in [-0.1, -0.05) is 5.21 Å². The maximum Gasteiger partial charge on any atom is 0.325 e. The van der Waals surface area contributed by atoms with Crippen LogP contribution in [0.4, 0.5) is 5.69 Å². The second-order valence-electron chi connectivity index (χ2n) is 6.12. The van der Waals surface area contributed by atoms with Crippen LogP contribution < -0.4 is 10.2 Å². The maximum absolute atomic E-state index is 12.4. The molecule has 0 spiro atoms. The van der Waals surface area contributed by atoms with Gasteiger partial charge in [-0.05, 0) is 30.5 Å². The Bertz CT molecular complexity index is 851. The minimum Gasteiger partial charge on any atom is -0.480 e. The highest BCUT2D eigenvalue weighted by molar-refractivity contribution is 7.98. The van der Waals surface area contributed by atoms with Gasteiger partial charge in [-0.2, -0.15) is 0 Å². The first kappa shape index (κ1) is 18.9. The van der Waals surface area contributed by atoms with E-state index in [9.17, 15) is 14.4 Å². The molecule has 1 unspecified atom stereocenters. The lowest BCUT2D eigenvalue weighted by molar-refractivity contribution is -0.138. The Morgan fingerprint density at radius 3 is 2.74 bits per heavy atom. The van der Waals surface area contributed by atoms with Crippen LogP contribution in [0.2, 0.25) is 0 Å². The SMILES string of the molecule is CSc1ccc(N2CC(C(=O)NCc3cn(CC(=O)O)nn3)CC2=O)cc1. The van der Waals surface area contributed by atoms with Crippen molar-refractivity contribution in [2.45, 2.75) is 24.4 Å². The number of rotatable bonds is 7. The minimum absolute atomic E-state index is 0.0838. The zero-order valence-electron chi connectivity index (χ0n) is 14.7. The first-order valence-electron chi connectivity index (χ1n) is 8.29. The number of carbonyl (C=O) groups excluding carboxylic acids is 2. The highest BCUT2D eigenvalue weighted by Gasteiger charge is 2.35. The highest BCUT2D eigenvalue weighted by Crippen LogP contribution is 2.27. The topological polar surface area (TPSA) is 117 Å². The molecule has 1 aromatic carbocycles. The summed E-state index contributed by atoms with van der Waals surface area (Å²) in [6, 6.07) is 7.65. The van der Waals surface area contributed by atoms with E-state index in [4.69, 9.17) is 5.11 Å². The zero-order chi connectivity index (χ0) is 19.4. The standard InChI is InChI=1S/C17H19N5O4S/c1-27-14-4-2-13(3-5-14)22-8-11(6-15(22)23)17(26)18-7-12-9-21(20-19-12)10-16(24)25/h2-5,9,11H,6-8,10H2,1H3,(H,18,26)(H,24,25). The average Bonchev–Trinajstić information content (AvgIpc) is 3.25. The summed E-state index contributed by atoms with van der Waals surface area (Å²) >= 11 is 1.62. The van der Waals surface area contributed by atoms with Crippen LogP contribution in [0.5, 0.6) is 0 Å². The van der Waals surface area contributed by atoms with E-state index in [2.05, 4.69) is 15.6 Å². The molecule has 1 atom stereocenters. The summed E-state index contributed by atoms with van der Waals surface area (Å²) in [6.45, 7) is 0.170. The summed E-state index contributed by atoms with van der Waals surface area (Å²) in [4.78, 5) is 38.0. The predicted molar refractivity (Wildman–Crippen MR) is 98.2 cm³/mol. The predicted octanol–water partition coefficient (Wildman–Crippen LogP) is 0.754. The fraction of sp³-hybridized carbons (Fsp3) is 0.353. The summed E-state index contributed by atoms with van der Waals surface area (Å²) in [7, 11) is 0. The number of benzene rings is 1. The maximum atomic E-state index is 12.4. The van der Waals surface area contributed by atoms with Gasteiger partial charge in [0.25, 0.3) is 0 Å². The second kappa shape index (κ2) is 8.21. The van der Waals surface area contributed by atoms with Crippen molar-refractivity contribution in [1.29, 1.82) is 0 Å². The third kappa shape index (κ3) is 4.64. The molecule has 27 heavy (non-hydrogen) atoms. The van der Waals surface area contributed by atoms with Gasteiger partial charge in [0.05, 0.1) is 18.7 Å². The molecule has 2 heterocycles. The van der Waals surface area contributed by atoms with E-state index in [1.807, 2.05) is 30.5 Å². The van der Waals surface area contributed by atoms with Crippen molar-refractivity contribution >= 4 is 35.2 Å². The molecule has 0 bridgehead atoms. The number of nitrogens with one attached hydrogen (secondary N) is 1. The number of aromatic nitrogens is 3. The lowest BCUT2D eigenvalue weighted by atomic mass is 10.1. The summed E-state index contributed by atoms with van der Waals surface area (Å²) in [5.74, 6) is -1.78. The lowest BCUT2D eigenvalue weighted by Crippen LogP contribution is -2.32. The lowest BCUT2D eigenvalue weighted by Gasteiger charge is -2.17. The molecule has 1 aliphatic rings. The zero-order valence-corrected chi connectivity index (χ0v) is 15.5. The van der Waals surface area contributed by atoms with Crippen LogP contribution in [0.3, 0.4) is 0 Å². The molecule has 1 fully saturated rings. The Hall–Kier alpha value is -2.88. The molecule has 2 aromatic rings. The third-order valence-electron chi connectivity index (χ3n) is 4.21. The number of hydrogen-bond donors (Lipinski definition) is 2. The molecule has 10 heteroatoms. The van der Waals surface area contributed by atoms with E-state index >= 15 is 0 Å². The first-order valence-corrected chi connectivity index (χ1v) is 9.51. The van der Waals surface area contributed by atoms with Gasteiger partial charge in [-0.25, -0.2) is 4.68 Å². The van der Waals surface area contributed by atoms with Gasteiger partial charge < -0.3 is 15.3 Å². The van der Waals surface area contributed by atoms with E-state index in [0.717, 1.165) is 10.6 Å². The average molecular weight is 389 g/mol. The summed E-state index contributed by atoms with van der Waals surface area (Å²) in [5, 5.41) is 18.9. The van der Waals surface area contributed by atoms with Crippen molar-refractivity contribution in [3.8, 4) is 0 Å². The molecule has 2 amide bonds. The van der Waals surface area contributed by atoms with Gasteiger partial charge in [0.15, 0.2) is 0 Å². The molecule has 3 rings (SSSR count). The number of nitrogens with zero attached hydrogens (tertiary/aromatic N) is 4. The van der Waals surface area contributed by atoms with Gasteiger partial charge in [0.1, 0.15) is 12.2 Å².